The molecule has 2 aromatic carbocycles. The predicted octanol–water partition coefficient (Wildman–Crippen LogP) is 2.19. The number of hydrogen-bond acceptors (Lipinski definition) is 8. The maximum absolute atomic E-state index is 13.2. The van der Waals surface area contributed by atoms with Gasteiger partial charge < -0.3 is 31.2 Å². The van der Waals surface area contributed by atoms with Gasteiger partial charge in [-0.25, -0.2) is 8.42 Å². The first kappa shape index (κ1) is 32.2. The van der Waals surface area contributed by atoms with Gasteiger partial charge in [0.2, 0.25) is 15.9 Å². The largest absolute Gasteiger partial charge is 0.494 e. The van der Waals surface area contributed by atoms with Gasteiger partial charge in [0, 0.05) is 49.6 Å². The summed E-state index contributed by atoms with van der Waals surface area (Å²) in [5.74, 6) is -1.76. The van der Waals surface area contributed by atoms with E-state index in [1.807, 2.05) is 6.92 Å². The Morgan fingerprint density at radius 1 is 1.12 bits per heavy atom. The van der Waals surface area contributed by atoms with Crippen molar-refractivity contribution in [2.24, 2.45) is 0 Å². The van der Waals surface area contributed by atoms with Crippen LogP contribution in [0.5, 0.6) is 5.75 Å². The first-order valence-corrected chi connectivity index (χ1v) is 14.3. The van der Waals surface area contributed by atoms with Crippen molar-refractivity contribution in [3.05, 3.63) is 52.6 Å². The van der Waals surface area contributed by atoms with Gasteiger partial charge in [-0.05, 0) is 68.1 Å². The molecule has 0 aromatic heterocycles. The van der Waals surface area contributed by atoms with Crippen molar-refractivity contribution >= 4 is 39.7 Å². The summed E-state index contributed by atoms with van der Waals surface area (Å²) in [6.07, 6.45) is 2.76. The molecular formula is C27H37N5O7S. The number of sulfonamides is 1. The molecule has 0 aliphatic heterocycles. The molecule has 218 valence electrons. The first-order chi connectivity index (χ1) is 18.9. The Morgan fingerprint density at radius 2 is 1.80 bits per heavy atom. The number of carbonyl (C=O) groups excluding carboxylic acids is 2. The van der Waals surface area contributed by atoms with Gasteiger partial charge in [0.25, 0.3) is 5.91 Å². The molecule has 12 nitrogen and oxygen atoms in total. The van der Waals surface area contributed by atoms with Crippen LogP contribution in [-0.2, 0) is 19.6 Å². The molecule has 6 N–H and O–H groups in total. The lowest BCUT2D eigenvalue weighted by Gasteiger charge is -2.19. The summed E-state index contributed by atoms with van der Waals surface area (Å²) in [6, 6.07) is 6.10. The minimum absolute atomic E-state index is 0.0893. The maximum atomic E-state index is 13.2. The number of nitrogens with one attached hydrogen (secondary N) is 5. The van der Waals surface area contributed by atoms with Gasteiger partial charge in [0.15, 0.2) is 0 Å². The summed E-state index contributed by atoms with van der Waals surface area (Å²) < 4.78 is 34.2. The molecule has 0 unspecified atom stereocenters. The Bertz CT molecular complexity index is 1320. The standard InChI is InChI=1S/C27H37N5O7S/c1-5-10-30-22-9-8-19(14-20(22)15-28)26(34)31-16-23(27(35)36)32-40(37,38)25-17(2)12-21(13-18(25)3)39-11-6-7-24(33)29-4/h8-9,12-15,23,28,30,32H,5-7,10-11,16H2,1-4H3,(H,29,33)(H,31,34)(H,35,36)/t23-/m0/s1. The minimum atomic E-state index is -4.29. The van der Waals surface area contributed by atoms with Crippen molar-refractivity contribution in [1.29, 1.82) is 5.41 Å². The van der Waals surface area contributed by atoms with E-state index in [-0.39, 0.29) is 23.0 Å². The molecule has 0 radical (unpaired) electrons. The van der Waals surface area contributed by atoms with Crippen molar-refractivity contribution in [3.63, 3.8) is 0 Å². The first-order valence-electron chi connectivity index (χ1n) is 12.8. The highest BCUT2D eigenvalue weighted by molar-refractivity contribution is 7.89. The zero-order valence-electron chi connectivity index (χ0n) is 23.1. The number of benzene rings is 2. The van der Waals surface area contributed by atoms with Gasteiger partial charge in [-0.15, -0.1) is 0 Å². The summed E-state index contributed by atoms with van der Waals surface area (Å²) >= 11 is 0. The van der Waals surface area contributed by atoms with E-state index in [0.717, 1.165) is 12.6 Å². The third kappa shape index (κ3) is 9.06. The predicted molar refractivity (Wildman–Crippen MR) is 152 cm³/mol. The van der Waals surface area contributed by atoms with Crippen LogP contribution < -0.4 is 25.4 Å². The van der Waals surface area contributed by atoms with E-state index in [1.54, 1.807) is 27.0 Å². The molecular weight excluding hydrogens is 538 g/mol. The van der Waals surface area contributed by atoms with Crippen LogP contribution in [0.15, 0.2) is 35.2 Å². The van der Waals surface area contributed by atoms with Crippen LogP contribution in [0, 0.1) is 19.3 Å². The number of carbonyl (C=O) groups is 3. The molecule has 0 aliphatic rings. The summed E-state index contributed by atoms with van der Waals surface area (Å²) in [5, 5.41) is 25.4. The van der Waals surface area contributed by atoms with Crippen molar-refractivity contribution in [3.8, 4) is 5.75 Å². The second-order valence-corrected chi connectivity index (χ2v) is 10.8. The fraction of sp³-hybridized carbons (Fsp3) is 0.407. The average molecular weight is 576 g/mol. The van der Waals surface area contributed by atoms with E-state index in [4.69, 9.17) is 10.1 Å². The van der Waals surface area contributed by atoms with Gasteiger partial charge in [-0.2, -0.15) is 4.72 Å². The lowest BCUT2D eigenvalue weighted by atomic mass is 10.1. The van der Waals surface area contributed by atoms with Crippen LogP contribution in [0.4, 0.5) is 5.69 Å². The van der Waals surface area contributed by atoms with Crippen molar-refractivity contribution in [2.45, 2.75) is 51.0 Å². The molecule has 2 rings (SSSR count). The Hall–Kier alpha value is -3.97. The maximum Gasteiger partial charge on any atom is 0.323 e. The van der Waals surface area contributed by atoms with E-state index < -0.39 is 34.5 Å². The van der Waals surface area contributed by atoms with Crippen LogP contribution >= 0.6 is 0 Å². The molecule has 13 heteroatoms. The van der Waals surface area contributed by atoms with Gasteiger partial charge in [-0.3, -0.25) is 14.4 Å². The quantitative estimate of drug-likeness (QED) is 0.130. The summed E-state index contributed by atoms with van der Waals surface area (Å²) in [6.45, 7) is 5.58. The second kappa shape index (κ2) is 15.0. The molecule has 0 bridgehead atoms. The molecule has 0 fully saturated rings. The van der Waals surface area contributed by atoms with E-state index in [9.17, 15) is 27.9 Å². The van der Waals surface area contributed by atoms with Gasteiger partial charge in [0.05, 0.1) is 11.5 Å². The fourth-order valence-corrected chi connectivity index (χ4v) is 5.57. The van der Waals surface area contributed by atoms with Crippen molar-refractivity contribution in [2.75, 3.05) is 32.1 Å². The minimum Gasteiger partial charge on any atom is -0.494 e. The van der Waals surface area contributed by atoms with Crippen molar-refractivity contribution < 1.29 is 32.6 Å². The molecule has 0 spiro atoms. The number of amides is 2. The molecule has 0 saturated carbocycles. The topological polar surface area (TPSA) is 187 Å². The SMILES string of the molecule is CCCNc1ccc(C(=O)NC[C@H](NS(=O)(=O)c2c(C)cc(OCCCC(=O)NC)cc2C)C(=O)O)cc1C=N. The molecule has 0 aliphatic carbocycles. The highest BCUT2D eigenvalue weighted by Crippen LogP contribution is 2.26. The zero-order chi connectivity index (χ0) is 29.9. The fourth-order valence-electron chi connectivity index (χ4n) is 3.93. The number of rotatable bonds is 16. The zero-order valence-corrected chi connectivity index (χ0v) is 23.9. The highest BCUT2D eigenvalue weighted by atomic mass is 32.2. The summed E-state index contributed by atoms with van der Waals surface area (Å²) in [7, 11) is -2.74. The monoisotopic (exact) mass is 575 g/mol. The van der Waals surface area contributed by atoms with Crippen molar-refractivity contribution in [1.82, 2.24) is 15.4 Å². The number of carboxylic acids is 1. The number of anilines is 1. The Balaban J connectivity index is 2.11. The summed E-state index contributed by atoms with van der Waals surface area (Å²) in [4.78, 5) is 35.8. The molecule has 2 aromatic rings. The number of aryl methyl sites for hydroxylation is 2. The second-order valence-electron chi connectivity index (χ2n) is 9.11. The van der Waals surface area contributed by atoms with Gasteiger partial charge in [0.1, 0.15) is 11.8 Å². The lowest BCUT2D eigenvalue weighted by molar-refractivity contribution is -0.138. The van der Waals surface area contributed by atoms with Gasteiger partial charge in [-0.1, -0.05) is 6.92 Å². The highest BCUT2D eigenvalue weighted by Gasteiger charge is 2.28. The third-order valence-electron chi connectivity index (χ3n) is 5.90. The molecule has 40 heavy (non-hydrogen) atoms. The van der Waals surface area contributed by atoms with Gasteiger partial charge >= 0.3 is 5.97 Å². The number of hydrogen-bond donors (Lipinski definition) is 6. The van der Waals surface area contributed by atoms with Crippen LogP contribution in [0.25, 0.3) is 0 Å². The number of carboxylic acid groups (broad SMARTS) is 1. The average Bonchev–Trinajstić information content (AvgIpc) is 2.90. The van der Waals surface area contributed by atoms with Crippen LogP contribution in [0.3, 0.4) is 0 Å². The Labute approximate surface area is 234 Å². The van der Waals surface area contributed by atoms with E-state index in [0.29, 0.717) is 47.5 Å². The van der Waals surface area contributed by atoms with E-state index >= 15 is 0 Å². The Morgan fingerprint density at radius 3 is 2.38 bits per heavy atom. The molecule has 0 saturated heterocycles. The van der Waals surface area contributed by atoms with Crippen LogP contribution in [0.1, 0.15) is 53.2 Å². The molecule has 1 atom stereocenters. The lowest BCUT2D eigenvalue weighted by Crippen LogP contribution is -2.48. The number of ether oxygens (including phenoxy) is 1. The van der Waals surface area contributed by atoms with E-state index in [2.05, 4.69) is 20.7 Å². The van der Waals surface area contributed by atoms with Crippen LogP contribution in [0.2, 0.25) is 0 Å². The third-order valence-corrected chi connectivity index (χ3v) is 7.67. The number of aliphatic carboxylic acids is 1. The molecule has 2 amide bonds. The van der Waals surface area contributed by atoms with Crippen LogP contribution in [-0.4, -0.2) is 70.3 Å². The molecule has 0 heterocycles. The Kier molecular flexibility index (Phi) is 12.1. The van der Waals surface area contributed by atoms with E-state index in [1.165, 1.54) is 24.3 Å². The summed E-state index contributed by atoms with van der Waals surface area (Å²) in [5.41, 5.74) is 2.07. The smallest absolute Gasteiger partial charge is 0.323 e. The normalized spacial score (nSPS) is 11.8.